The van der Waals surface area contributed by atoms with Crippen LogP contribution in [0.15, 0.2) is 30.3 Å². The maximum absolute atomic E-state index is 12.7. The van der Waals surface area contributed by atoms with Gasteiger partial charge in [-0.2, -0.15) is 12.6 Å². The fourth-order valence-electron chi connectivity index (χ4n) is 2.71. The molecule has 0 saturated carbocycles. The molecule has 1 aliphatic heterocycles. The first-order chi connectivity index (χ1) is 10.9. The first-order valence-electron chi connectivity index (χ1n) is 7.82. The van der Waals surface area contributed by atoms with E-state index in [1.54, 1.807) is 25.8 Å². The normalized spacial score (nSPS) is 20.7. The average molecular weight is 336 g/mol. The quantitative estimate of drug-likeness (QED) is 0.860. The highest BCUT2D eigenvalue weighted by Crippen LogP contribution is 2.25. The third kappa shape index (κ3) is 4.64. The van der Waals surface area contributed by atoms with E-state index in [1.165, 1.54) is 4.90 Å². The number of thiol groups is 1. The lowest BCUT2D eigenvalue weighted by Crippen LogP contribution is -2.47. The van der Waals surface area contributed by atoms with Crippen molar-refractivity contribution in [1.29, 1.82) is 0 Å². The van der Waals surface area contributed by atoms with Crippen LogP contribution in [0.4, 0.5) is 4.79 Å². The Hall–Kier alpha value is -1.69. The van der Waals surface area contributed by atoms with Crippen LogP contribution in [0.5, 0.6) is 0 Å². The highest BCUT2D eigenvalue weighted by atomic mass is 32.1. The monoisotopic (exact) mass is 336 g/mol. The summed E-state index contributed by atoms with van der Waals surface area (Å²) in [5, 5.41) is -0.00575. The predicted molar refractivity (Wildman–Crippen MR) is 92.4 cm³/mol. The molecule has 126 valence electrons. The number of hydrogen-bond donors (Lipinski definition) is 1. The van der Waals surface area contributed by atoms with Gasteiger partial charge in [-0.1, -0.05) is 30.3 Å². The van der Waals surface area contributed by atoms with Gasteiger partial charge in [0.1, 0.15) is 6.04 Å². The van der Waals surface area contributed by atoms with Gasteiger partial charge in [0.25, 0.3) is 0 Å². The minimum absolute atomic E-state index is 0.00575. The number of likely N-dealkylation sites (N-methyl/N-ethyl adjacent to an activating group) is 1. The molecule has 0 radical (unpaired) electrons. The number of nitrogens with zero attached hydrogens (tertiary/aromatic N) is 2. The van der Waals surface area contributed by atoms with Crippen molar-refractivity contribution in [2.45, 2.75) is 44.2 Å². The van der Waals surface area contributed by atoms with Crippen molar-refractivity contribution in [3.05, 3.63) is 35.9 Å². The van der Waals surface area contributed by atoms with E-state index in [2.05, 4.69) is 12.6 Å². The minimum atomic E-state index is -0.502. The smallest absolute Gasteiger partial charge is 0.410 e. The maximum atomic E-state index is 12.7. The molecule has 2 unspecified atom stereocenters. The highest BCUT2D eigenvalue weighted by molar-refractivity contribution is 7.81. The number of rotatable bonds is 4. The predicted octanol–water partition coefficient (Wildman–Crippen LogP) is 2.56. The SMILES string of the molecule is CC(C)OC(=O)N1CC(S)CC1C(=O)N(C)Cc1ccccc1. The number of hydrogen-bond acceptors (Lipinski definition) is 4. The van der Waals surface area contributed by atoms with Crippen LogP contribution in [0.2, 0.25) is 0 Å². The van der Waals surface area contributed by atoms with Gasteiger partial charge in [0.05, 0.1) is 6.10 Å². The summed E-state index contributed by atoms with van der Waals surface area (Å²) in [4.78, 5) is 28.1. The fourth-order valence-corrected chi connectivity index (χ4v) is 3.08. The molecule has 0 N–H and O–H groups in total. The molecule has 0 bridgehead atoms. The van der Waals surface area contributed by atoms with E-state index in [-0.39, 0.29) is 17.3 Å². The lowest BCUT2D eigenvalue weighted by molar-refractivity contribution is -0.134. The Balaban J connectivity index is 2.05. The van der Waals surface area contributed by atoms with Gasteiger partial charge in [0, 0.05) is 25.4 Å². The lowest BCUT2D eigenvalue weighted by Gasteiger charge is -2.28. The zero-order valence-corrected chi connectivity index (χ0v) is 14.7. The van der Waals surface area contributed by atoms with Crippen LogP contribution >= 0.6 is 12.6 Å². The summed E-state index contributed by atoms with van der Waals surface area (Å²) < 4.78 is 5.24. The number of likely N-dealkylation sites (tertiary alicyclic amines) is 1. The van der Waals surface area contributed by atoms with Crippen molar-refractivity contribution in [1.82, 2.24) is 9.80 Å². The number of carbonyl (C=O) groups is 2. The van der Waals surface area contributed by atoms with Crippen LogP contribution in [0, 0.1) is 0 Å². The molecule has 1 heterocycles. The Morgan fingerprint density at radius 1 is 1.35 bits per heavy atom. The third-order valence-corrected chi connectivity index (χ3v) is 4.15. The standard InChI is InChI=1S/C17H24N2O3S/c1-12(2)22-17(21)19-11-14(23)9-15(19)16(20)18(3)10-13-7-5-4-6-8-13/h4-8,12,14-15,23H,9-11H2,1-3H3. The minimum Gasteiger partial charge on any atom is -0.447 e. The summed E-state index contributed by atoms with van der Waals surface area (Å²) in [5.74, 6) is -0.0777. The van der Waals surface area contributed by atoms with Crippen molar-refractivity contribution < 1.29 is 14.3 Å². The zero-order valence-electron chi connectivity index (χ0n) is 13.8. The van der Waals surface area contributed by atoms with E-state index in [4.69, 9.17) is 4.74 Å². The first-order valence-corrected chi connectivity index (χ1v) is 8.34. The van der Waals surface area contributed by atoms with E-state index >= 15 is 0 Å². The van der Waals surface area contributed by atoms with Crippen LogP contribution in [-0.2, 0) is 16.1 Å². The molecule has 5 nitrogen and oxygen atoms in total. The summed E-state index contributed by atoms with van der Waals surface area (Å²) in [6, 6.07) is 9.28. The fraction of sp³-hybridized carbons (Fsp3) is 0.529. The molecule has 1 aliphatic rings. The van der Waals surface area contributed by atoms with E-state index < -0.39 is 12.1 Å². The molecule has 0 aliphatic carbocycles. The Morgan fingerprint density at radius 2 is 2.00 bits per heavy atom. The number of amides is 2. The summed E-state index contributed by atoms with van der Waals surface area (Å²) in [7, 11) is 1.76. The third-order valence-electron chi connectivity index (χ3n) is 3.77. The van der Waals surface area contributed by atoms with Gasteiger partial charge in [-0.3, -0.25) is 9.69 Å². The second kappa shape index (κ2) is 7.73. The van der Waals surface area contributed by atoms with E-state index in [0.717, 1.165) is 5.56 Å². The molecule has 2 atom stereocenters. The van der Waals surface area contributed by atoms with Gasteiger partial charge >= 0.3 is 6.09 Å². The van der Waals surface area contributed by atoms with Gasteiger partial charge in [-0.25, -0.2) is 4.79 Å². The Kier molecular flexibility index (Phi) is 5.93. The largest absolute Gasteiger partial charge is 0.447 e. The van der Waals surface area contributed by atoms with Gasteiger partial charge in [-0.15, -0.1) is 0 Å². The second-order valence-corrected chi connectivity index (χ2v) is 6.90. The summed E-state index contributed by atoms with van der Waals surface area (Å²) in [5.41, 5.74) is 1.06. The van der Waals surface area contributed by atoms with Crippen molar-refractivity contribution in [3.63, 3.8) is 0 Å². The van der Waals surface area contributed by atoms with Gasteiger partial charge in [0.15, 0.2) is 0 Å². The first kappa shape index (κ1) is 17.7. The topological polar surface area (TPSA) is 49.9 Å². The van der Waals surface area contributed by atoms with Crippen molar-refractivity contribution in [2.75, 3.05) is 13.6 Å². The number of carbonyl (C=O) groups excluding carboxylic acids is 2. The Labute approximate surface area is 143 Å². The average Bonchev–Trinajstić information content (AvgIpc) is 2.89. The van der Waals surface area contributed by atoms with Gasteiger partial charge in [0.2, 0.25) is 5.91 Å². The Bertz CT molecular complexity index is 550. The summed E-state index contributed by atoms with van der Waals surface area (Å²) in [6.45, 7) is 4.54. The molecular weight excluding hydrogens is 312 g/mol. The lowest BCUT2D eigenvalue weighted by atomic mass is 10.1. The van der Waals surface area contributed by atoms with E-state index in [1.807, 2.05) is 30.3 Å². The molecule has 0 aromatic heterocycles. The molecular formula is C17H24N2O3S. The molecule has 1 saturated heterocycles. The van der Waals surface area contributed by atoms with Crippen molar-refractivity contribution in [2.24, 2.45) is 0 Å². The molecule has 6 heteroatoms. The molecule has 1 fully saturated rings. The second-order valence-electron chi connectivity index (χ2n) is 6.17. The van der Waals surface area contributed by atoms with Crippen LogP contribution in [0.25, 0.3) is 0 Å². The van der Waals surface area contributed by atoms with Crippen molar-refractivity contribution in [3.8, 4) is 0 Å². The zero-order chi connectivity index (χ0) is 17.0. The van der Waals surface area contributed by atoms with Crippen LogP contribution < -0.4 is 0 Å². The molecule has 1 aromatic carbocycles. The van der Waals surface area contributed by atoms with Crippen molar-refractivity contribution >= 4 is 24.6 Å². The highest BCUT2D eigenvalue weighted by Gasteiger charge is 2.40. The molecule has 2 amide bonds. The molecule has 1 aromatic rings. The van der Waals surface area contributed by atoms with E-state index in [9.17, 15) is 9.59 Å². The summed E-state index contributed by atoms with van der Waals surface area (Å²) in [6.07, 6.45) is -0.101. The number of benzene rings is 1. The number of ether oxygens (including phenoxy) is 1. The van der Waals surface area contributed by atoms with Crippen LogP contribution in [-0.4, -0.2) is 52.8 Å². The van der Waals surface area contributed by atoms with Gasteiger partial charge < -0.3 is 9.64 Å². The molecule has 23 heavy (non-hydrogen) atoms. The van der Waals surface area contributed by atoms with Crippen LogP contribution in [0.1, 0.15) is 25.8 Å². The summed E-state index contributed by atoms with van der Waals surface area (Å²) >= 11 is 4.44. The van der Waals surface area contributed by atoms with Gasteiger partial charge in [-0.05, 0) is 25.8 Å². The molecule has 0 spiro atoms. The van der Waals surface area contributed by atoms with Crippen LogP contribution in [0.3, 0.4) is 0 Å². The Morgan fingerprint density at radius 3 is 2.61 bits per heavy atom. The van der Waals surface area contributed by atoms with E-state index in [0.29, 0.717) is 19.5 Å². The maximum Gasteiger partial charge on any atom is 0.410 e. The molecule has 2 rings (SSSR count).